The molecule has 0 aromatic carbocycles. The summed E-state index contributed by atoms with van der Waals surface area (Å²) < 4.78 is 5.34. The zero-order valence-electron chi connectivity index (χ0n) is 10.8. The molecule has 2 rings (SSSR count). The maximum absolute atomic E-state index is 5.47. The minimum Gasteiger partial charge on any atom is -0.383 e. The summed E-state index contributed by atoms with van der Waals surface area (Å²) >= 11 is 0. The van der Waals surface area contributed by atoms with Gasteiger partial charge in [-0.25, -0.2) is 0 Å². The van der Waals surface area contributed by atoms with Gasteiger partial charge in [0.25, 0.3) is 0 Å². The molecule has 0 radical (unpaired) electrons. The Morgan fingerprint density at radius 2 is 2.18 bits per heavy atom. The monoisotopic (exact) mass is 236 g/mol. The maximum atomic E-state index is 5.47. The molecule has 0 aliphatic heterocycles. The predicted molar refractivity (Wildman–Crippen MR) is 69.8 cm³/mol. The van der Waals surface area contributed by atoms with Crippen LogP contribution >= 0.6 is 0 Å². The van der Waals surface area contributed by atoms with Crippen LogP contribution in [-0.2, 0) is 4.74 Å². The fourth-order valence-electron chi connectivity index (χ4n) is 2.17. The van der Waals surface area contributed by atoms with Crippen molar-refractivity contribution in [1.82, 2.24) is 10.2 Å². The smallest absolute Gasteiger partial charge is 0.0630 e. The second-order valence-corrected chi connectivity index (χ2v) is 5.37. The lowest BCUT2D eigenvalue weighted by Crippen LogP contribution is -2.46. The van der Waals surface area contributed by atoms with Crippen molar-refractivity contribution in [2.75, 3.05) is 33.4 Å². The van der Waals surface area contributed by atoms with Crippen LogP contribution in [0.15, 0.2) is 0 Å². The van der Waals surface area contributed by atoms with Gasteiger partial charge in [-0.1, -0.05) is 5.92 Å². The molecule has 1 atom stereocenters. The van der Waals surface area contributed by atoms with Crippen molar-refractivity contribution in [2.24, 2.45) is 5.92 Å². The molecule has 3 heteroatoms. The zero-order valence-corrected chi connectivity index (χ0v) is 10.8. The van der Waals surface area contributed by atoms with Crippen LogP contribution in [0.25, 0.3) is 0 Å². The van der Waals surface area contributed by atoms with E-state index in [0.717, 1.165) is 38.2 Å². The zero-order chi connectivity index (χ0) is 12.1. The molecular weight excluding hydrogens is 212 g/mol. The van der Waals surface area contributed by atoms with Crippen molar-refractivity contribution in [2.45, 2.75) is 37.8 Å². The highest BCUT2D eigenvalue weighted by Crippen LogP contribution is 2.30. The molecule has 1 unspecified atom stereocenters. The van der Waals surface area contributed by atoms with Gasteiger partial charge in [0.1, 0.15) is 0 Å². The first kappa shape index (κ1) is 12.9. The number of nitrogens with zero attached hydrogens (tertiary/aromatic N) is 1. The Hall–Kier alpha value is -0.560. The fraction of sp³-hybridized carbons (Fsp3) is 0.857. The van der Waals surface area contributed by atoms with Crippen LogP contribution in [0.1, 0.15) is 25.7 Å². The van der Waals surface area contributed by atoms with Crippen molar-refractivity contribution < 1.29 is 4.74 Å². The van der Waals surface area contributed by atoms with Gasteiger partial charge < -0.3 is 10.1 Å². The fourth-order valence-corrected chi connectivity index (χ4v) is 2.17. The number of terminal acetylenes is 1. The van der Waals surface area contributed by atoms with Gasteiger partial charge in [-0.3, -0.25) is 4.90 Å². The average molecular weight is 236 g/mol. The summed E-state index contributed by atoms with van der Waals surface area (Å²) in [7, 11) is 1.77. The van der Waals surface area contributed by atoms with Gasteiger partial charge in [0.05, 0.1) is 13.2 Å². The third-order valence-corrected chi connectivity index (χ3v) is 3.58. The molecule has 2 fully saturated rings. The van der Waals surface area contributed by atoms with Gasteiger partial charge in [0, 0.05) is 32.3 Å². The first-order valence-corrected chi connectivity index (χ1v) is 6.73. The summed E-state index contributed by atoms with van der Waals surface area (Å²) in [5.41, 5.74) is 0. The molecule has 0 amide bonds. The van der Waals surface area contributed by atoms with Gasteiger partial charge in [-0.2, -0.15) is 0 Å². The minimum atomic E-state index is 0.428. The Balaban J connectivity index is 1.80. The predicted octanol–water partition coefficient (Wildman–Crippen LogP) is 1.10. The molecule has 0 saturated heterocycles. The molecule has 2 aliphatic rings. The first-order valence-electron chi connectivity index (χ1n) is 6.73. The van der Waals surface area contributed by atoms with Crippen LogP contribution in [0.4, 0.5) is 0 Å². The van der Waals surface area contributed by atoms with Gasteiger partial charge in [0.2, 0.25) is 0 Å². The number of hydrogen-bond acceptors (Lipinski definition) is 3. The molecule has 0 aromatic heterocycles. The van der Waals surface area contributed by atoms with E-state index in [4.69, 9.17) is 11.2 Å². The molecule has 3 nitrogen and oxygen atoms in total. The van der Waals surface area contributed by atoms with E-state index < -0.39 is 0 Å². The average Bonchev–Trinajstić information content (AvgIpc) is 3.17. The molecular formula is C14H24N2O. The van der Waals surface area contributed by atoms with Crippen molar-refractivity contribution in [1.29, 1.82) is 0 Å². The molecule has 17 heavy (non-hydrogen) atoms. The van der Waals surface area contributed by atoms with E-state index >= 15 is 0 Å². The Labute approximate surface area is 105 Å². The number of methoxy groups -OCH3 is 1. The lowest BCUT2D eigenvalue weighted by Gasteiger charge is -2.30. The van der Waals surface area contributed by atoms with Crippen LogP contribution in [-0.4, -0.2) is 50.3 Å². The summed E-state index contributed by atoms with van der Waals surface area (Å²) in [4.78, 5) is 2.41. The van der Waals surface area contributed by atoms with E-state index in [-0.39, 0.29) is 0 Å². The van der Waals surface area contributed by atoms with Crippen LogP contribution in [0, 0.1) is 18.3 Å². The van der Waals surface area contributed by atoms with Crippen LogP contribution in [0.3, 0.4) is 0 Å². The van der Waals surface area contributed by atoms with Crippen LogP contribution in [0.2, 0.25) is 0 Å². The van der Waals surface area contributed by atoms with Gasteiger partial charge in [-0.15, -0.1) is 6.42 Å². The third-order valence-electron chi connectivity index (χ3n) is 3.58. The number of hydrogen-bond donors (Lipinski definition) is 1. The Kier molecular flexibility index (Phi) is 4.85. The maximum Gasteiger partial charge on any atom is 0.0630 e. The SMILES string of the molecule is C#CCN(CC1CC1)C(CNC1CC1)COC. The topological polar surface area (TPSA) is 24.5 Å². The number of nitrogens with one attached hydrogen (secondary N) is 1. The van der Waals surface area contributed by atoms with Crippen molar-refractivity contribution in [3.05, 3.63) is 0 Å². The van der Waals surface area contributed by atoms with E-state index in [1.165, 1.54) is 25.7 Å². The Morgan fingerprint density at radius 1 is 1.41 bits per heavy atom. The molecule has 0 spiro atoms. The molecule has 0 bridgehead atoms. The highest BCUT2D eigenvalue weighted by Gasteiger charge is 2.29. The normalized spacial score (nSPS) is 21.5. The van der Waals surface area contributed by atoms with Gasteiger partial charge >= 0.3 is 0 Å². The largest absolute Gasteiger partial charge is 0.383 e. The molecule has 1 N–H and O–H groups in total. The number of ether oxygens (including phenoxy) is 1. The van der Waals surface area contributed by atoms with E-state index in [9.17, 15) is 0 Å². The highest BCUT2D eigenvalue weighted by atomic mass is 16.5. The highest BCUT2D eigenvalue weighted by molar-refractivity contribution is 4.94. The van der Waals surface area contributed by atoms with Crippen molar-refractivity contribution in [3.8, 4) is 12.3 Å². The quantitative estimate of drug-likeness (QED) is 0.607. The summed E-state index contributed by atoms with van der Waals surface area (Å²) in [5.74, 6) is 3.66. The molecule has 2 saturated carbocycles. The van der Waals surface area contributed by atoms with E-state index in [0.29, 0.717) is 6.04 Å². The van der Waals surface area contributed by atoms with E-state index in [1.54, 1.807) is 7.11 Å². The van der Waals surface area contributed by atoms with Gasteiger partial charge in [-0.05, 0) is 31.6 Å². The third kappa shape index (κ3) is 4.67. The summed E-state index contributed by atoms with van der Waals surface area (Å²) in [6.45, 7) is 3.67. The van der Waals surface area contributed by atoms with Crippen molar-refractivity contribution >= 4 is 0 Å². The summed E-state index contributed by atoms with van der Waals surface area (Å²) in [5, 5.41) is 3.58. The second kappa shape index (κ2) is 6.39. The molecule has 96 valence electrons. The Bertz CT molecular complexity index is 266. The van der Waals surface area contributed by atoms with Crippen molar-refractivity contribution in [3.63, 3.8) is 0 Å². The molecule has 2 aliphatic carbocycles. The van der Waals surface area contributed by atoms with Crippen LogP contribution in [0.5, 0.6) is 0 Å². The van der Waals surface area contributed by atoms with Crippen LogP contribution < -0.4 is 5.32 Å². The van der Waals surface area contributed by atoms with E-state index in [1.807, 2.05) is 0 Å². The molecule has 0 heterocycles. The summed E-state index contributed by atoms with van der Waals surface area (Å²) in [6.07, 6.45) is 10.9. The second-order valence-electron chi connectivity index (χ2n) is 5.37. The summed E-state index contributed by atoms with van der Waals surface area (Å²) in [6, 6.07) is 1.18. The lowest BCUT2D eigenvalue weighted by atomic mass is 10.2. The standard InChI is InChI=1S/C14H24N2O/c1-3-8-16(10-12-4-5-12)14(11-17-2)9-15-13-6-7-13/h1,12-15H,4-11H2,2H3. The minimum absolute atomic E-state index is 0.428. The number of rotatable bonds is 9. The molecule has 0 aromatic rings. The Morgan fingerprint density at radius 3 is 2.71 bits per heavy atom. The van der Waals surface area contributed by atoms with E-state index in [2.05, 4.69) is 16.1 Å². The van der Waals surface area contributed by atoms with Gasteiger partial charge in [0.15, 0.2) is 0 Å². The first-order chi connectivity index (χ1) is 8.33. The lowest BCUT2D eigenvalue weighted by molar-refractivity contribution is 0.0944.